The van der Waals surface area contributed by atoms with Gasteiger partial charge in [-0.25, -0.2) is 4.99 Å². The first-order valence-corrected chi connectivity index (χ1v) is 11.9. The zero-order valence-corrected chi connectivity index (χ0v) is 19.5. The number of thioether (sulfide) groups is 1. The normalized spacial score (nSPS) is 17.3. The number of nitrogens with one attached hydrogen (secondary N) is 1. The molecule has 1 heterocycles. The van der Waals surface area contributed by atoms with Crippen LogP contribution in [0.4, 0.5) is 5.69 Å². The summed E-state index contributed by atoms with van der Waals surface area (Å²) in [6.07, 6.45) is 5.29. The van der Waals surface area contributed by atoms with E-state index in [0.717, 1.165) is 53.4 Å². The van der Waals surface area contributed by atoms with Gasteiger partial charge in [0, 0.05) is 11.3 Å². The number of rotatable bonds is 5. The summed E-state index contributed by atoms with van der Waals surface area (Å²) >= 11 is 13.8. The summed E-state index contributed by atoms with van der Waals surface area (Å²) in [6.45, 7) is 0. The van der Waals surface area contributed by atoms with Crippen molar-refractivity contribution < 1.29 is 9.53 Å². The van der Waals surface area contributed by atoms with Crippen LogP contribution >= 0.6 is 35.0 Å². The van der Waals surface area contributed by atoms with Crippen molar-refractivity contribution in [2.24, 2.45) is 9.98 Å². The topological polar surface area (TPSA) is 63.0 Å². The molecule has 0 bridgehead atoms. The van der Waals surface area contributed by atoms with Gasteiger partial charge in [-0.3, -0.25) is 9.79 Å². The molecule has 1 amide bonds. The third-order valence-electron chi connectivity index (χ3n) is 5.39. The molecule has 1 aliphatic carbocycles. The number of benzene rings is 2. The molecule has 2 aromatic carbocycles. The minimum atomic E-state index is -0.408. The SMILES string of the molecule is COc1ccc(NC(=O)CSC2=NC3(CCCCC3)N=C2c2ccc(Cl)c(Cl)c2)cc1. The summed E-state index contributed by atoms with van der Waals surface area (Å²) in [7, 11) is 1.61. The molecule has 1 fully saturated rings. The van der Waals surface area contributed by atoms with Crippen LogP contribution in [-0.4, -0.2) is 35.2 Å². The number of nitrogens with zero attached hydrogens (tertiary/aromatic N) is 2. The van der Waals surface area contributed by atoms with Gasteiger partial charge in [0.05, 0.1) is 28.6 Å². The van der Waals surface area contributed by atoms with Crippen molar-refractivity contribution in [3.05, 3.63) is 58.1 Å². The monoisotopic (exact) mass is 475 g/mol. The van der Waals surface area contributed by atoms with Crippen molar-refractivity contribution in [2.45, 2.75) is 37.8 Å². The van der Waals surface area contributed by atoms with Crippen molar-refractivity contribution >= 4 is 57.3 Å². The van der Waals surface area contributed by atoms with E-state index in [0.29, 0.717) is 10.0 Å². The molecule has 0 unspecified atom stereocenters. The Morgan fingerprint density at radius 2 is 1.81 bits per heavy atom. The number of amides is 1. The largest absolute Gasteiger partial charge is 0.497 e. The summed E-state index contributed by atoms with van der Waals surface area (Å²) in [5.74, 6) is 0.880. The predicted octanol–water partition coefficient (Wildman–Crippen LogP) is 6.24. The van der Waals surface area contributed by atoms with Gasteiger partial charge in [0.25, 0.3) is 0 Å². The highest BCUT2D eigenvalue weighted by atomic mass is 35.5. The van der Waals surface area contributed by atoms with Gasteiger partial charge >= 0.3 is 0 Å². The quantitative estimate of drug-likeness (QED) is 0.556. The van der Waals surface area contributed by atoms with Gasteiger partial charge in [-0.05, 0) is 62.1 Å². The van der Waals surface area contributed by atoms with Crippen LogP contribution in [-0.2, 0) is 4.79 Å². The number of anilines is 1. The molecule has 162 valence electrons. The summed E-state index contributed by atoms with van der Waals surface area (Å²) < 4.78 is 5.15. The number of carbonyl (C=O) groups is 1. The number of carbonyl (C=O) groups excluding carboxylic acids is 1. The summed E-state index contributed by atoms with van der Waals surface area (Å²) in [6, 6.07) is 12.7. The van der Waals surface area contributed by atoms with E-state index in [1.807, 2.05) is 36.4 Å². The molecule has 4 rings (SSSR count). The maximum absolute atomic E-state index is 12.5. The van der Waals surface area contributed by atoms with Crippen LogP contribution in [0, 0.1) is 0 Å². The van der Waals surface area contributed by atoms with E-state index in [-0.39, 0.29) is 11.7 Å². The molecule has 1 saturated carbocycles. The molecular formula is C23H23Cl2N3O2S. The van der Waals surface area contributed by atoms with E-state index in [1.165, 1.54) is 18.2 Å². The van der Waals surface area contributed by atoms with Gasteiger partial charge in [-0.15, -0.1) is 0 Å². The second-order valence-corrected chi connectivity index (χ2v) is 9.39. The third-order valence-corrected chi connectivity index (χ3v) is 7.10. The summed E-state index contributed by atoms with van der Waals surface area (Å²) in [4.78, 5) is 22.6. The molecule has 0 radical (unpaired) electrons. The Kier molecular flexibility index (Phi) is 6.89. The summed E-state index contributed by atoms with van der Waals surface area (Å²) in [5.41, 5.74) is 1.98. The Balaban J connectivity index is 1.50. The molecule has 1 N–H and O–H groups in total. The van der Waals surface area contributed by atoms with Crippen molar-refractivity contribution in [2.75, 3.05) is 18.2 Å². The zero-order valence-electron chi connectivity index (χ0n) is 17.2. The van der Waals surface area contributed by atoms with Crippen molar-refractivity contribution in [1.29, 1.82) is 0 Å². The third kappa shape index (κ3) is 5.25. The lowest BCUT2D eigenvalue weighted by atomic mass is 9.90. The fraction of sp³-hybridized carbons (Fsp3) is 0.348. The minimum Gasteiger partial charge on any atom is -0.497 e. The van der Waals surface area contributed by atoms with E-state index in [4.69, 9.17) is 37.9 Å². The van der Waals surface area contributed by atoms with E-state index < -0.39 is 5.66 Å². The minimum absolute atomic E-state index is 0.101. The van der Waals surface area contributed by atoms with E-state index in [9.17, 15) is 4.79 Å². The molecule has 2 aliphatic rings. The molecule has 1 aliphatic heterocycles. The van der Waals surface area contributed by atoms with Gasteiger partial charge in [0.1, 0.15) is 10.8 Å². The van der Waals surface area contributed by atoms with E-state index in [2.05, 4.69) is 5.32 Å². The summed E-state index contributed by atoms with van der Waals surface area (Å²) in [5, 5.41) is 4.67. The number of halogens is 2. The number of hydrogen-bond acceptors (Lipinski definition) is 5. The van der Waals surface area contributed by atoms with Gasteiger partial charge in [-0.2, -0.15) is 0 Å². The molecule has 0 atom stereocenters. The number of aliphatic imine (C=N–C) groups is 2. The van der Waals surface area contributed by atoms with Gasteiger partial charge < -0.3 is 10.1 Å². The maximum Gasteiger partial charge on any atom is 0.234 e. The first-order valence-electron chi connectivity index (χ1n) is 10.2. The fourth-order valence-electron chi connectivity index (χ4n) is 3.80. The van der Waals surface area contributed by atoms with E-state index in [1.54, 1.807) is 13.2 Å². The first-order chi connectivity index (χ1) is 15.0. The molecule has 31 heavy (non-hydrogen) atoms. The molecule has 5 nitrogen and oxygen atoms in total. The number of hydrogen-bond donors (Lipinski definition) is 1. The zero-order chi connectivity index (χ0) is 21.8. The highest BCUT2D eigenvalue weighted by Gasteiger charge is 2.38. The number of ether oxygens (including phenoxy) is 1. The Morgan fingerprint density at radius 3 is 2.48 bits per heavy atom. The maximum atomic E-state index is 12.5. The molecule has 2 aromatic rings. The number of methoxy groups -OCH3 is 1. The van der Waals surface area contributed by atoms with Crippen LogP contribution in [0.25, 0.3) is 0 Å². The van der Waals surface area contributed by atoms with Crippen LogP contribution in [0.3, 0.4) is 0 Å². The lowest BCUT2D eigenvalue weighted by Gasteiger charge is -2.27. The lowest BCUT2D eigenvalue weighted by molar-refractivity contribution is -0.113. The Labute approximate surface area is 196 Å². The van der Waals surface area contributed by atoms with Gasteiger partial charge in [0.15, 0.2) is 5.66 Å². The van der Waals surface area contributed by atoms with E-state index >= 15 is 0 Å². The second kappa shape index (κ2) is 9.63. The molecular weight excluding hydrogens is 453 g/mol. The Hall–Kier alpha value is -2.02. The Morgan fingerprint density at radius 1 is 1.06 bits per heavy atom. The fourth-order valence-corrected chi connectivity index (χ4v) is 4.97. The van der Waals surface area contributed by atoms with Crippen molar-refractivity contribution in [1.82, 2.24) is 0 Å². The van der Waals surface area contributed by atoms with Crippen molar-refractivity contribution in [3.63, 3.8) is 0 Å². The van der Waals surface area contributed by atoms with Crippen LogP contribution in [0.1, 0.15) is 37.7 Å². The van der Waals surface area contributed by atoms with Gasteiger partial charge in [0.2, 0.25) is 5.91 Å². The standard InChI is InChI=1S/C23H23Cl2N3O2S/c1-30-17-8-6-16(7-9-17)26-20(29)14-31-22-21(15-5-10-18(24)19(25)13-15)27-23(28-22)11-3-2-4-12-23/h5-10,13H,2-4,11-12,14H2,1H3,(H,26,29). The van der Waals surface area contributed by atoms with Crippen LogP contribution in [0.5, 0.6) is 5.75 Å². The molecule has 0 saturated heterocycles. The molecule has 0 aromatic heterocycles. The van der Waals surface area contributed by atoms with Crippen LogP contribution in [0.2, 0.25) is 10.0 Å². The van der Waals surface area contributed by atoms with Crippen molar-refractivity contribution in [3.8, 4) is 5.75 Å². The lowest BCUT2D eigenvalue weighted by Crippen LogP contribution is -2.25. The second-order valence-electron chi connectivity index (χ2n) is 7.61. The highest BCUT2D eigenvalue weighted by molar-refractivity contribution is 8.16. The average molecular weight is 476 g/mol. The van der Waals surface area contributed by atoms with Gasteiger partial charge in [-0.1, -0.05) is 47.5 Å². The smallest absolute Gasteiger partial charge is 0.234 e. The Bertz CT molecular complexity index is 1030. The van der Waals surface area contributed by atoms with Crippen LogP contribution < -0.4 is 10.1 Å². The predicted molar refractivity (Wildman–Crippen MR) is 130 cm³/mol. The average Bonchev–Trinajstić information content (AvgIpc) is 3.13. The molecule has 1 spiro atoms. The first kappa shape index (κ1) is 22.2. The highest BCUT2D eigenvalue weighted by Crippen LogP contribution is 2.39. The van der Waals surface area contributed by atoms with Crippen LogP contribution in [0.15, 0.2) is 52.4 Å². The molecule has 8 heteroatoms.